The van der Waals surface area contributed by atoms with Gasteiger partial charge in [-0.05, 0) is 56.9 Å². The highest BCUT2D eigenvalue weighted by Crippen LogP contribution is 2.43. The summed E-state index contributed by atoms with van der Waals surface area (Å²) in [6.07, 6.45) is 1.54. The van der Waals surface area contributed by atoms with Crippen LogP contribution < -0.4 is 4.74 Å². The average molecular weight is 413 g/mol. The summed E-state index contributed by atoms with van der Waals surface area (Å²) in [7, 11) is 1.63. The van der Waals surface area contributed by atoms with Crippen LogP contribution in [0.2, 0.25) is 5.02 Å². The number of aryl methyl sites for hydroxylation is 1. The van der Waals surface area contributed by atoms with E-state index < -0.39 is 5.60 Å². The van der Waals surface area contributed by atoms with E-state index in [-0.39, 0.29) is 6.10 Å². The van der Waals surface area contributed by atoms with Gasteiger partial charge in [-0.2, -0.15) is 5.10 Å². The summed E-state index contributed by atoms with van der Waals surface area (Å²) in [5.41, 5.74) is 2.97. The molecule has 0 amide bonds. The molecule has 1 saturated carbocycles. The highest BCUT2D eigenvalue weighted by molar-refractivity contribution is 6.34. The fourth-order valence-electron chi connectivity index (χ4n) is 3.88. The van der Waals surface area contributed by atoms with Gasteiger partial charge in [0.05, 0.1) is 29.6 Å². The summed E-state index contributed by atoms with van der Waals surface area (Å²) in [5, 5.41) is 26.4. The summed E-state index contributed by atoms with van der Waals surface area (Å²) in [6, 6.07) is 15.7. The van der Waals surface area contributed by atoms with Crippen molar-refractivity contribution in [3.63, 3.8) is 0 Å². The van der Waals surface area contributed by atoms with Crippen molar-refractivity contribution in [3.05, 3.63) is 64.8 Å². The number of aliphatic hydroxyl groups excluding tert-OH is 1. The molecule has 0 atom stereocenters. The average Bonchev–Trinajstić information content (AvgIpc) is 3.09. The zero-order valence-electron chi connectivity index (χ0n) is 16.6. The maximum absolute atomic E-state index is 11.3. The van der Waals surface area contributed by atoms with Gasteiger partial charge in [-0.1, -0.05) is 41.4 Å². The van der Waals surface area contributed by atoms with Crippen molar-refractivity contribution in [1.82, 2.24) is 9.78 Å². The molecule has 3 aromatic rings. The largest absolute Gasteiger partial charge is 0.497 e. The molecule has 152 valence electrons. The zero-order chi connectivity index (χ0) is 20.6. The van der Waals surface area contributed by atoms with E-state index in [1.807, 2.05) is 55.5 Å². The van der Waals surface area contributed by atoms with E-state index in [0.717, 1.165) is 28.3 Å². The number of benzene rings is 2. The van der Waals surface area contributed by atoms with Crippen LogP contribution in [0.1, 0.15) is 36.9 Å². The number of hydrogen-bond acceptors (Lipinski definition) is 4. The standard InChI is InChI=1S/C23H25ClN2O3/c1-15-3-5-16(6-4-15)21-20(24)22(23(28)13-11-18(27)12-14-23)25-26(21)17-7-9-19(29-2)10-8-17/h3-10,18,27-28H,11-14H2,1-2H3. The summed E-state index contributed by atoms with van der Waals surface area (Å²) >= 11 is 6.84. The Bertz CT molecular complexity index is 988. The molecule has 0 bridgehead atoms. The zero-order valence-corrected chi connectivity index (χ0v) is 17.4. The topological polar surface area (TPSA) is 67.5 Å². The molecule has 0 aliphatic heterocycles. The van der Waals surface area contributed by atoms with Crippen molar-refractivity contribution in [1.29, 1.82) is 0 Å². The van der Waals surface area contributed by atoms with Gasteiger partial charge in [0.25, 0.3) is 0 Å². The fraction of sp³-hybridized carbons (Fsp3) is 0.348. The van der Waals surface area contributed by atoms with Crippen LogP contribution in [0, 0.1) is 6.92 Å². The summed E-state index contributed by atoms with van der Waals surface area (Å²) < 4.78 is 7.05. The van der Waals surface area contributed by atoms with E-state index in [1.165, 1.54) is 0 Å². The molecule has 0 spiro atoms. The van der Waals surface area contributed by atoms with Crippen molar-refractivity contribution in [2.75, 3.05) is 7.11 Å². The smallest absolute Gasteiger partial charge is 0.119 e. The van der Waals surface area contributed by atoms with Gasteiger partial charge in [0.15, 0.2) is 0 Å². The third-order valence-corrected chi connectivity index (χ3v) is 6.05. The van der Waals surface area contributed by atoms with Crippen LogP contribution in [0.4, 0.5) is 0 Å². The molecule has 6 heteroatoms. The lowest BCUT2D eigenvalue weighted by Gasteiger charge is -2.33. The molecule has 0 radical (unpaired) electrons. The number of nitrogens with zero attached hydrogens (tertiary/aromatic N) is 2. The molecule has 4 rings (SSSR count). The number of hydrogen-bond donors (Lipinski definition) is 2. The number of halogens is 1. The van der Waals surface area contributed by atoms with Gasteiger partial charge in [0, 0.05) is 5.56 Å². The molecule has 5 nitrogen and oxygen atoms in total. The highest BCUT2D eigenvalue weighted by Gasteiger charge is 2.39. The number of aliphatic hydroxyl groups is 2. The maximum atomic E-state index is 11.3. The SMILES string of the molecule is COc1ccc(-n2nc(C3(O)CCC(O)CC3)c(Cl)c2-c2ccc(C)cc2)cc1. The van der Waals surface area contributed by atoms with E-state index >= 15 is 0 Å². The molecule has 0 saturated heterocycles. The second-order valence-electron chi connectivity index (χ2n) is 7.75. The van der Waals surface area contributed by atoms with E-state index in [9.17, 15) is 10.2 Å². The Balaban J connectivity index is 1.87. The first-order valence-corrected chi connectivity index (χ1v) is 10.2. The maximum Gasteiger partial charge on any atom is 0.119 e. The first-order chi connectivity index (χ1) is 13.9. The first-order valence-electron chi connectivity index (χ1n) is 9.82. The predicted octanol–water partition coefficient (Wildman–Crippen LogP) is 4.63. The Kier molecular flexibility index (Phi) is 5.38. The second kappa shape index (κ2) is 7.82. The lowest BCUT2D eigenvalue weighted by atomic mass is 9.81. The van der Waals surface area contributed by atoms with Crippen LogP contribution in [-0.4, -0.2) is 33.2 Å². The first kappa shape index (κ1) is 20.0. The number of rotatable bonds is 4. The lowest BCUT2D eigenvalue weighted by Crippen LogP contribution is -2.34. The quantitative estimate of drug-likeness (QED) is 0.655. The predicted molar refractivity (Wildman–Crippen MR) is 114 cm³/mol. The van der Waals surface area contributed by atoms with Crippen LogP contribution in [0.3, 0.4) is 0 Å². The molecule has 0 unspecified atom stereocenters. The van der Waals surface area contributed by atoms with Gasteiger partial charge < -0.3 is 14.9 Å². The van der Waals surface area contributed by atoms with E-state index in [4.69, 9.17) is 21.4 Å². The molecular formula is C23H25ClN2O3. The number of aromatic nitrogens is 2. The molecule has 1 aliphatic carbocycles. The van der Waals surface area contributed by atoms with Crippen LogP contribution in [0.5, 0.6) is 5.75 Å². The number of methoxy groups -OCH3 is 1. The van der Waals surface area contributed by atoms with Crippen LogP contribution in [0.15, 0.2) is 48.5 Å². The summed E-state index contributed by atoms with van der Waals surface area (Å²) in [5.74, 6) is 0.754. The van der Waals surface area contributed by atoms with E-state index in [0.29, 0.717) is 36.4 Å². The number of ether oxygens (including phenoxy) is 1. The minimum absolute atomic E-state index is 0.380. The van der Waals surface area contributed by atoms with Gasteiger partial charge in [-0.25, -0.2) is 4.68 Å². The Morgan fingerprint density at radius 3 is 2.28 bits per heavy atom. The van der Waals surface area contributed by atoms with Gasteiger partial charge >= 0.3 is 0 Å². The molecule has 1 aliphatic rings. The Morgan fingerprint density at radius 1 is 1.07 bits per heavy atom. The highest BCUT2D eigenvalue weighted by atomic mass is 35.5. The van der Waals surface area contributed by atoms with Crippen molar-refractivity contribution in [3.8, 4) is 22.7 Å². The molecular weight excluding hydrogens is 388 g/mol. The van der Waals surface area contributed by atoms with Gasteiger partial charge in [0.1, 0.15) is 17.0 Å². The molecule has 1 fully saturated rings. The van der Waals surface area contributed by atoms with Crippen molar-refractivity contribution < 1.29 is 14.9 Å². The van der Waals surface area contributed by atoms with Crippen LogP contribution in [0.25, 0.3) is 16.9 Å². The monoisotopic (exact) mass is 412 g/mol. The molecule has 2 aromatic carbocycles. The third kappa shape index (κ3) is 3.78. The van der Waals surface area contributed by atoms with Crippen LogP contribution in [-0.2, 0) is 5.60 Å². The van der Waals surface area contributed by atoms with Gasteiger partial charge in [0.2, 0.25) is 0 Å². The van der Waals surface area contributed by atoms with Crippen LogP contribution >= 0.6 is 11.6 Å². The van der Waals surface area contributed by atoms with Crippen molar-refractivity contribution >= 4 is 11.6 Å². The minimum Gasteiger partial charge on any atom is -0.497 e. The summed E-state index contributed by atoms with van der Waals surface area (Å²) in [6.45, 7) is 2.04. The van der Waals surface area contributed by atoms with Crippen molar-refractivity contribution in [2.24, 2.45) is 0 Å². The normalized spacial score (nSPS) is 21.9. The second-order valence-corrected chi connectivity index (χ2v) is 8.13. The third-order valence-electron chi connectivity index (χ3n) is 5.69. The van der Waals surface area contributed by atoms with E-state index in [2.05, 4.69) is 0 Å². The Morgan fingerprint density at radius 2 is 1.69 bits per heavy atom. The Hall–Kier alpha value is -2.34. The lowest BCUT2D eigenvalue weighted by molar-refractivity contribution is -0.0392. The molecule has 2 N–H and O–H groups in total. The molecule has 1 heterocycles. The van der Waals surface area contributed by atoms with Gasteiger partial charge in [-0.15, -0.1) is 0 Å². The summed E-state index contributed by atoms with van der Waals surface area (Å²) in [4.78, 5) is 0. The van der Waals surface area contributed by atoms with E-state index in [1.54, 1.807) is 11.8 Å². The fourth-order valence-corrected chi connectivity index (χ4v) is 4.29. The molecule has 1 aromatic heterocycles. The Labute approximate surface area is 175 Å². The van der Waals surface area contributed by atoms with Gasteiger partial charge in [-0.3, -0.25) is 0 Å². The molecule has 29 heavy (non-hydrogen) atoms. The van der Waals surface area contributed by atoms with Crippen molar-refractivity contribution in [2.45, 2.75) is 44.3 Å². The minimum atomic E-state index is -1.15.